The summed E-state index contributed by atoms with van der Waals surface area (Å²) in [6, 6.07) is 21.0. The first kappa shape index (κ1) is 26.9. The lowest BCUT2D eigenvalue weighted by Crippen LogP contribution is -2.53. The van der Waals surface area contributed by atoms with Gasteiger partial charge in [0.05, 0.1) is 11.9 Å². The van der Waals surface area contributed by atoms with E-state index in [9.17, 15) is 22.4 Å². The average Bonchev–Trinajstić information content (AvgIpc) is 2.85. The van der Waals surface area contributed by atoms with Gasteiger partial charge in [-0.2, -0.15) is 0 Å². The van der Waals surface area contributed by atoms with Crippen molar-refractivity contribution in [3.63, 3.8) is 0 Å². The molecule has 1 N–H and O–H groups in total. The van der Waals surface area contributed by atoms with Crippen LogP contribution in [0.4, 0.5) is 10.1 Å². The van der Waals surface area contributed by atoms with Crippen LogP contribution in [0.25, 0.3) is 0 Å². The SMILES string of the molecule is CNC(=O)[C@H](Cc1ccccc1)N(Cc1ccccc1F)C(=O)CN(c1ccccc1C)S(C)(=O)=O. The molecule has 0 bridgehead atoms. The molecule has 190 valence electrons. The van der Waals surface area contributed by atoms with Crippen molar-refractivity contribution in [1.29, 1.82) is 0 Å². The smallest absolute Gasteiger partial charge is 0.244 e. The molecule has 7 nitrogen and oxygen atoms in total. The number of para-hydroxylation sites is 1. The molecule has 3 aromatic carbocycles. The van der Waals surface area contributed by atoms with Gasteiger partial charge < -0.3 is 10.2 Å². The van der Waals surface area contributed by atoms with Crippen LogP contribution in [0.3, 0.4) is 0 Å². The molecular weight excluding hydrogens is 481 g/mol. The van der Waals surface area contributed by atoms with E-state index in [2.05, 4.69) is 5.32 Å². The fourth-order valence-electron chi connectivity index (χ4n) is 3.97. The normalized spacial score (nSPS) is 12.0. The zero-order chi connectivity index (χ0) is 26.3. The van der Waals surface area contributed by atoms with Crippen molar-refractivity contribution in [3.05, 3.63) is 101 Å². The van der Waals surface area contributed by atoms with Gasteiger partial charge in [0.25, 0.3) is 0 Å². The molecule has 0 aliphatic carbocycles. The molecule has 3 aromatic rings. The zero-order valence-corrected chi connectivity index (χ0v) is 21.3. The Hall–Kier alpha value is -3.72. The molecule has 9 heteroatoms. The molecule has 0 saturated carbocycles. The number of sulfonamides is 1. The molecule has 0 radical (unpaired) electrons. The number of nitrogens with zero attached hydrogens (tertiary/aromatic N) is 2. The summed E-state index contributed by atoms with van der Waals surface area (Å²) in [5.41, 5.74) is 2.05. The third-order valence-corrected chi connectivity index (χ3v) is 7.01. The fraction of sp³-hybridized carbons (Fsp3) is 0.259. The van der Waals surface area contributed by atoms with Crippen LogP contribution >= 0.6 is 0 Å². The molecule has 36 heavy (non-hydrogen) atoms. The van der Waals surface area contributed by atoms with Crippen molar-refractivity contribution in [1.82, 2.24) is 10.2 Å². The summed E-state index contributed by atoms with van der Waals surface area (Å²) in [6.45, 7) is 1.00. The first-order valence-corrected chi connectivity index (χ1v) is 13.3. The van der Waals surface area contributed by atoms with Crippen molar-refractivity contribution in [2.75, 3.05) is 24.2 Å². The summed E-state index contributed by atoms with van der Waals surface area (Å²) in [6.07, 6.45) is 1.19. The number of amides is 2. The Balaban J connectivity index is 2.05. The first-order valence-electron chi connectivity index (χ1n) is 11.4. The van der Waals surface area contributed by atoms with Gasteiger partial charge in [-0.3, -0.25) is 13.9 Å². The van der Waals surface area contributed by atoms with Crippen LogP contribution < -0.4 is 9.62 Å². The fourth-order valence-corrected chi connectivity index (χ4v) is 4.88. The maximum Gasteiger partial charge on any atom is 0.244 e. The van der Waals surface area contributed by atoms with E-state index < -0.39 is 40.2 Å². The summed E-state index contributed by atoms with van der Waals surface area (Å²) in [5, 5.41) is 2.59. The van der Waals surface area contributed by atoms with E-state index in [0.717, 1.165) is 16.1 Å². The summed E-state index contributed by atoms with van der Waals surface area (Å²) in [5.74, 6) is -1.59. The number of hydrogen-bond donors (Lipinski definition) is 1. The second-order valence-electron chi connectivity index (χ2n) is 8.49. The van der Waals surface area contributed by atoms with Crippen LogP contribution in [0.5, 0.6) is 0 Å². The van der Waals surface area contributed by atoms with Gasteiger partial charge in [-0.1, -0.05) is 66.7 Å². The van der Waals surface area contributed by atoms with Crippen LogP contribution in [-0.2, 0) is 32.6 Å². The van der Waals surface area contributed by atoms with E-state index in [4.69, 9.17) is 0 Å². The number of anilines is 1. The van der Waals surface area contributed by atoms with Crippen LogP contribution in [0, 0.1) is 12.7 Å². The van der Waals surface area contributed by atoms with Gasteiger partial charge in [0.2, 0.25) is 21.8 Å². The van der Waals surface area contributed by atoms with Crippen LogP contribution in [0.15, 0.2) is 78.9 Å². The Morgan fingerprint density at radius 2 is 1.56 bits per heavy atom. The lowest BCUT2D eigenvalue weighted by molar-refractivity contribution is -0.139. The predicted octanol–water partition coefficient (Wildman–Crippen LogP) is 3.29. The number of likely N-dealkylation sites (N-methyl/N-ethyl adjacent to an activating group) is 1. The first-order chi connectivity index (χ1) is 17.1. The van der Waals surface area contributed by atoms with Gasteiger partial charge in [-0.05, 0) is 30.2 Å². The monoisotopic (exact) mass is 511 g/mol. The molecular formula is C27H30FN3O4S. The minimum Gasteiger partial charge on any atom is -0.357 e. The molecule has 0 fully saturated rings. The van der Waals surface area contributed by atoms with Gasteiger partial charge in [-0.15, -0.1) is 0 Å². The minimum atomic E-state index is -3.85. The largest absolute Gasteiger partial charge is 0.357 e. The molecule has 0 aromatic heterocycles. The minimum absolute atomic E-state index is 0.171. The van der Waals surface area contributed by atoms with E-state index in [-0.39, 0.29) is 18.5 Å². The number of benzene rings is 3. The topological polar surface area (TPSA) is 86.8 Å². The Morgan fingerprint density at radius 1 is 0.944 bits per heavy atom. The quantitative estimate of drug-likeness (QED) is 0.453. The molecule has 2 amide bonds. The van der Waals surface area contributed by atoms with Crippen molar-refractivity contribution in [3.8, 4) is 0 Å². The second-order valence-corrected chi connectivity index (χ2v) is 10.4. The molecule has 3 rings (SSSR count). The number of rotatable bonds is 10. The number of hydrogen-bond acceptors (Lipinski definition) is 4. The lowest BCUT2D eigenvalue weighted by Gasteiger charge is -2.33. The standard InChI is InChI=1S/C27H30FN3O4S/c1-20-11-7-10-16-24(20)31(36(3,34)35)19-26(32)30(18-22-14-8-9-15-23(22)28)25(27(33)29-2)17-21-12-5-4-6-13-21/h4-16,25H,17-19H2,1-3H3,(H,29,33)/t25-/m0/s1. The summed E-state index contributed by atoms with van der Waals surface area (Å²) in [4.78, 5) is 28.0. The van der Waals surface area contributed by atoms with E-state index in [1.54, 1.807) is 37.3 Å². The van der Waals surface area contributed by atoms with Gasteiger partial charge in [0.1, 0.15) is 18.4 Å². The highest BCUT2D eigenvalue weighted by atomic mass is 32.2. The van der Waals surface area contributed by atoms with Crippen molar-refractivity contribution in [2.45, 2.75) is 25.9 Å². The van der Waals surface area contributed by atoms with Crippen molar-refractivity contribution in [2.24, 2.45) is 0 Å². The number of carbonyl (C=O) groups excluding carboxylic acids is 2. The Morgan fingerprint density at radius 3 is 2.17 bits per heavy atom. The molecule has 1 atom stereocenters. The predicted molar refractivity (Wildman–Crippen MR) is 138 cm³/mol. The maximum atomic E-state index is 14.6. The summed E-state index contributed by atoms with van der Waals surface area (Å²) >= 11 is 0. The van der Waals surface area contributed by atoms with Crippen LogP contribution in [0.1, 0.15) is 16.7 Å². The third kappa shape index (κ3) is 6.69. The van der Waals surface area contributed by atoms with Gasteiger partial charge in [-0.25, -0.2) is 12.8 Å². The maximum absolute atomic E-state index is 14.6. The zero-order valence-electron chi connectivity index (χ0n) is 20.5. The van der Waals surface area contributed by atoms with Crippen LogP contribution in [0.2, 0.25) is 0 Å². The third-order valence-electron chi connectivity index (χ3n) is 5.88. The summed E-state index contributed by atoms with van der Waals surface area (Å²) in [7, 11) is -2.39. The average molecular weight is 512 g/mol. The lowest BCUT2D eigenvalue weighted by atomic mass is 10.0. The molecule has 0 aliphatic heterocycles. The number of aryl methyl sites for hydroxylation is 1. The molecule has 0 heterocycles. The van der Waals surface area contributed by atoms with E-state index in [1.165, 1.54) is 30.1 Å². The number of halogens is 1. The Bertz CT molecular complexity index is 1320. The Kier molecular flexibility index (Phi) is 8.82. The van der Waals surface area contributed by atoms with Crippen molar-refractivity contribution >= 4 is 27.5 Å². The highest BCUT2D eigenvalue weighted by Crippen LogP contribution is 2.23. The van der Waals surface area contributed by atoms with Crippen molar-refractivity contribution < 1.29 is 22.4 Å². The van der Waals surface area contributed by atoms with E-state index >= 15 is 0 Å². The number of nitrogens with one attached hydrogen (secondary N) is 1. The van der Waals surface area contributed by atoms with Crippen LogP contribution in [-0.4, -0.2) is 51.0 Å². The highest BCUT2D eigenvalue weighted by molar-refractivity contribution is 7.92. The van der Waals surface area contributed by atoms with Gasteiger partial charge >= 0.3 is 0 Å². The van der Waals surface area contributed by atoms with Gasteiger partial charge in [0.15, 0.2) is 0 Å². The molecule has 0 saturated heterocycles. The summed E-state index contributed by atoms with van der Waals surface area (Å²) < 4.78 is 41.1. The van der Waals surface area contributed by atoms with E-state index in [1.807, 2.05) is 30.3 Å². The molecule has 0 spiro atoms. The molecule has 0 aliphatic rings. The highest BCUT2D eigenvalue weighted by Gasteiger charge is 2.33. The Labute approximate surface area is 211 Å². The molecule has 0 unspecified atom stereocenters. The second kappa shape index (κ2) is 11.8. The van der Waals surface area contributed by atoms with E-state index in [0.29, 0.717) is 11.3 Å². The van der Waals surface area contributed by atoms with Gasteiger partial charge in [0, 0.05) is 25.6 Å². The number of carbonyl (C=O) groups is 2.